The van der Waals surface area contributed by atoms with Gasteiger partial charge in [0.05, 0.1) is 12.1 Å². The Hall–Kier alpha value is -2.53. The van der Waals surface area contributed by atoms with Crippen molar-refractivity contribution in [2.24, 2.45) is 0 Å². The highest BCUT2D eigenvalue weighted by Crippen LogP contribution is 2.28. The van der Waals surface area contributed by atoms with Gasteiger partial charge in [-0.3, -0.25) is 9.59 Å². The maximum absolute atomic E-state index is 12.5. The summed E-state index contributed by atoms with van der Waals surface area (Å²) in [6, 6.07) is 13.6. The van der Waals surface area contributed by atoms with Crippen molar-refractivity contribution in [2.75, 3.05) is 12.4 Å². The van der Waals surface area contributed by atoms with E-state index < -0.39 is 18.0 Å². The number of halogens is 1. The number of amides is 1. The smallest absolute Gasteiger partial charge is 0.303 e. The molecule has 6 heteroatoms. The highest BCUT2D eigenvalue weighted by atomic mass is 35.5. The molecular formula is C17H16ClNO4. The fourth-order valence-corrected chi connectivity index (χ4v) is 2.28. The van der Waals surface area contributed by atoms with E-state index in [0.29, 0.717) is 22.0 Å². The zero-order valence-electron chi connectivity index (χ0n) is 12.7. The van der Waals surface area contributed by atoms with Crippen LogP contribution in [0.2, 0.25) is 5.02 Å². The Morgan fingerprint density at radius 2 is 1.83 bits per heavy atom. The molecular weight excluding hydrogens is 318 g/mol. The fraction of sp³-hybridized carbons (Fsp3) is 0.176. The summed E-state index contributed by atoms with van der Waals surface area (Å²) in [6.45, 7) is 1.26. The van der Waals surface area contributed by atoms with Crippen LogP contribution >= 0.6 is 11.6 Å². The summed E-state index contributed by atoms with van der Waals surface area (Å²) in [7, 11) is 1.51. The normalized spacial score (nSPS) is 11.4. The molecule has 2 aromatic carbocycles. The molecule has 2 rings (SSSR count). The van der Waals surface area contributed by atoms with E-state index in [9.17, 15) is 9.59 Å². The largest absolute Gasteiger partial charge is 0.495 e. The van der Waals surface area contributed by atoms with Gasteiger partial charge >= 0.3 is 5.97 Å². The van der Waals surface area contributed by atoms with Crippen molar-refractivity contribution in [3.63, 3.8) is 0 Å². The molecule has 0 saturated carbocycles. The monoisotopic (exact) mass is 333 g/mol. The lowest BCUT2D eigenvalue weighted by Gasteiger charge is -2.17. The minimum atomic E-state index is -1.03. The average Bonchev–Trinajstić information content (AvgIpc) is 2.53. The van der Waals surface area contributed by atoms with Gasteiger partial charge in [0.1, 0.15) is 5.75 Å². The van der Waals surface area contributed by atoms with Gasteiger partial charge in [0.15, 0.2) is 0 Å². The first-order chi connectivity index (χ1) is 11.0. The Kier molecular flexibility index (Phi) is 5.60. The Balaban J connectivity index is 2.21. The minimum Gasteiger partial charge on any atom is -0.495 e. The number of methoxy groups -OCH3 is 1. The highest BCUT2D eigenvalue weighted by Gasteiger charge is 2.23. The van der Waals surface area contributed by atoms with E-state index in [4.69, 9.17) is 21.1 Å². The molecule has 0 saturated heterocycles. The van der Waals surface area contributed by atoms with E-state index in [-0.39, 0.29) is 0 Å². The second kappa shape index (κ2) is 7.65. The number of rotatable bonds is 5. The summed E-state index contributed by atoms with van der Waals surface area (Å²) >= 11 is 6.03. The molecule has 0 aliphatic heterocycles. The van der Waals surface area contributed by atoms with Crippen molar-refractivity contribution in [2.45, 2.75) is 13.0 Å². The van der Waals surface area contributed by atoms with Gasteiger partial charge in [0.2, 0.25) is 6.10 Å². The van der Waals surface area contributed by atoms with Crippen molar-refractivity contribution in [3.05, 3.63) is 59.1 Å². The van der Waals surface area contributed by atoms with Gasteiger partial charge in [-0.25, -0.2) is 0 Å². The summed E-state index contributed by atoms with van der Waals surface area (Å²) in [6.07, 6.45) is -1.03. The predicted octanol–water partition coefficient (Wildman–Crippen LogP) is 3.59. The van der Waals surface area contributed by atoms with Crippen LogP contribution in [0.4, 0.5) is 5.69 Å². The van der Waals surface area contributed by atoms with Crippen LogP contribution in [0.5, 0.6) is 5.75 Å². The summed E-state index contributed by atoms with van der Waals surface area (Å²) in [5, 5.41) is 3.05. The first-order valence-electron chi connectivity index (χ1n) is 6.88. The van der Waals surface area contributed by atoms with Crippen molar-refractivity contribution in [1.82, 2.24) is 0 Å². The molecule has 0 heterocycles. The molecule has 23 heavy (non-hydrogen) atoms. The molecule has 0 fully saturated rings. The molecule has 1 N–H and O–H groups in total. The second-order valence-electron chi connectivity index (χ2n) is 4.74. The van der Waals surface area contributed by atoms with Crippen molar-refractivity contribution in [3.8, 4) is 5.75 Å². The highest BCUT2D eigenvalue weighted by molar-refractivity contribution is 6.32. The lowest BCUT2D eigenvalue weighted by atomic mass is 10.1. The molecule has 5 nitrogen and oxygen atoms in total. The zero-order valence-corrected chi connectivity index (χ0v) is 13.5. The van der Waals surface area contributed by atoms with E-state index in [0.717, 1.165) is 0 Å². The standard InChI is InChI=1S/C17H16ClNO4/c1-11(20)23-16(12-6-4-3-5-7-12)17(21)19-13-8-9-15(22-2)14(18)10-13/h3-10,16H,1-2H3,(H,19,21)/t16-/m0/s1. The predicted molar refractivity (Wildman–Crippen MR) is 87.6 cm³/mol. The molecule has 0 unspecified atom stereocenters. The van der Waals surface area contributed by atoms with Crippen molar-refractivity contribution >= 4 is 29.2 Å². The summed E-state index contributed by atoms with van der Waals surface area (Å²) in [4.78, 5) is 23.7. The van der Waals surface area contributed by atoms with Crippen LogP contribution in [-0.4, -0.2) is 19.0 Å². The zero-order chi connectivity index (χ0) is 16.8. The molecule has 0 bridgehead atoms. The van der Waals surface area contributed by atoms with Crippen molar-refractivity contribution < 1.29 is 19.1 Å². The maximum atomic E-state index is 12.5. The Labute approximate surface area is 139 Å². The van der Waals surface area contributed by atoms with E-state index in [2.05, 4.69) is 5.32 Å². The van der Waals surface area contributed by atoms with Gasteiger partial charge < -0.3 is 14.8 Å². The molecule has 120 valence electrons. The number of benzene rings is 2. The SMILES string of the molecule is COc1ccc(NC(=O)[C@@H](OC(C)=O)c2ccccc2)cc1Cl. The Bertz CT molecular complexity index is 703. The number of anilines is 1. The molecule has 1 amide bonds. The Morgan fingerprint density at radius 1 is 1.13 bits per heavy atom. The summed E-state index contributed by atoms with van der Waals surface area (Å²) < 4.78 is 10.2. The minimum absolute atomic E-state index is 0.369. The maximum Gasteiger partial charge on any atom is 0.303 e. The number of esters is 1. The molecule has 2 aromatic rings. The van der Waals surface area contributed by atoms with Crippen LogP contribution < -0.4 is 10.1 Å². The van der Waals surface area contributed by atoms with Crippen LogP contribution in [-0.2, 0) is 14.3 Å². The third-order valence-corrected chi connectivity index (χ3v) is 3.34. The van der Waals surface area contributed by atoms with E-state index in [1.165, 1.54) is 14.0 Å². The number of carbonyl (C=O) groups excluding carboxylic acids is 2. The number of nitrogens with one attached hydrogen (secondary N) is 1. The van der Waals surface area contributed by atoms with Gasteiger partial charge in [0, 0.05) is 18.2 Å². The van der Waals surface area contributed by atoms with Crippen LogP contribution in [0.25, 0.3) is 0 Å². The second-order valence-corrected chi connectivity index (χ2v) is 5.15. The summed E-state index contributed by atoms with van der Waals surface area (Å²) in [5.74, 6) is -0.501. The third-order valence-electron chi connectivity index (χ3n) is 3.04. The van der Waals surface area contributed by atoms with E-state index in [1.54, 1.807) is 42.5 Å². The first kappa shape index (κ1) is 16.8. The fourth-order valence-electron chi connectivity index (χ4n) is 2.02. The van der Waals surface area contributed by atoms with Gasteiger partial charge in [-0.2, -0.15) is 0 Å². The van der Waals surface area contributed by atoms with Crippen LogP contribution in [0.1, 0.15) is 18.6 Å². The van der Waals surface area contributed by atoms with Gasteiger partial charge in [-0.05, 0) is 18.2 Å². The van der Waals surface area contributed by atoms with Crippen LogP contribution in [0, 0.1) is 0 Å². The lowest BCUT2D eigenvalue weighted by molar-refractivity contribution is -0.152. The molecule has 0 aromatic heterocycles. The van der Waals surface area contributed by atoms with E-state index in [1.807, 2.05) is 6.07 Å². The van der Waals surface area contributed by atoms with Crippen molar-refractivity contribution in [1.29, 1.82) is 0 Å². The van der Waals surface area contributed by atoms with Crippen LogP contribution in [0.15, 0.2) is 48.5 Å². The van der Waals surface area contributed by atoms with Crippen LogP contribution in [0.3, 0.4) is 0 Å². The average molecular weight is 334 g/mol. The number of ether oxygens (including phenoxy) is 2. The quantitative estimate of drug-likeness (QED) is 0.849. The molecule has 0 aliphatic rings. The van der Waals surface area contributed by atoms with Gasteiger partial charge in [0.25, 0.3) is 5.91 Å². The third kappa shape index (κ3) is 4.47. The van der Waals surface area contributed by atoms with E-state index >= 15 is 0 Å². The summed E-state index contributed by atoms with van der Waals surface area (Å²) in [5.41, 5.74) is 1.06. The van der Waals surface area contributed by atoms with Gasteiger partial charge in [-0.1, -0.05) is 41.9 Å². The topological polar surface area (TPSA) is 64.6 Å². The number of carbonyl (C=O) groups is 2. The molecule has 1 atom stereocenters. The molecule has 0 spiro atoms. The van der Waals surface area contributed by atoms with Gasteiger partial charge in [-0.15, -0.1) is 0 Å². The first-order valence-corrected chi connectivity index (χ1v) is 7.25. The lowest BCUT2D eigenvalue weighted by Crippen LogP contribution is -2.25. The number of hydrogen-bond acceptors (Lipinski definition) is 4. The molecule has 0 radical (unpaired) electrons. The Morgan fingerprint density at radius 3 is 2.39 bits per heavy atom. The molecule has 0 aliphatic carbocycles. The number of hydrogen-bond donors (Lipinski definition) is 1.